The number of aromatic nitrogens is 4. The molecule has 94 valence electrons. The third kappa shape index (κ3) is 1.83. The summed E-state index contributed by atoms with van der Waals surface area (Å²) < 4.78 is 1.76. The van der Waals surface area contributed by atoms with E-state index in [0.717, 1.165) is 24.3 Å². The van der Waals surface area contributed by atoms with Crippen LogP contribution in [0, 0.1) is 5.92 Å². The summed E-state index contributed by atoms with van der Waals surface area (Å²) in [5.74, 6) is 0.242. The number of aliphatic carboxylic acids is 1. The monoisotopic (exact) mass is 246 g/mol. The van der Waals surface area contributed by atoms with E-state index < -0.39 is 5.97 Å². The number of carbonyl (C=O) groups is 1. The quantitative estimate of drug-likeness (QED) is 0.868. The second kappa shape index (κ2) is 4.36. The molecule has 1 fully saturated rings. The van der Waals surface area contributed by atoms with Crippen LogP contribution in [0.1, 0.15) is 37.4 Å². The lowest BCUT2D eigenvalue weighted by Crippen LogP contribution is -2.21. The van der Waals surface area contributed by atoms with E-state index in [0.29, 0.717) is 12.8 Å². The number of hydrogen-bond acceptors (Lipinski definition) is 4. The molecule has 1 N–H and O–H groups in total. The summed E-state index contributed by atoms with van der Waals surface area (Å²) in [6.45, 7) is 0. The Morgan fingerprint density at radius 1 is 1.28 bits per heavy atom. The molecule has 3 rings (SSSR count). The van der Waals surface area contributed by atoms with Crippen molar-refractivity contribution in [2.24, 2.45) is 5.92 Å². The molecule has 0 aromatic carbocycles. The maximum Gasteiger partial charge on any atom is 0.306 e. The topological polar surface area (TPSA) is 80.4 Å². The summed E-state index contributed by atoms with van der Waals surface area (Å²) >= 11 is 0. The predicted molar refractivity (Wildman–Crippen MR) is 63.1 cm³/mol. The van der Waals surface area contributed by atoms with E-state index in [2.05, 4.69) is 15.3 Å². The molecule has 6 nitrogen and oxygen atoms in total. The second-order valence-corrected chi connectivity index (χ2v) is 4.74. The lowest BCUT2D eigenvalue weighted by molar-refractivity contribution is -0.142. The van der Waals surface area contributed by atoms with Crippen molar-refractivity contribution in [1.29, 1.82) is 0 Å². The van der Waals surface area contributed by atoms with Gasteiger partial charge >= 0.3 is 5.97 Å². The molecular formula is C12H14N4O2. The lowest BCUT2D eigenvalue weighted by atomic mass is 9.82. The van der Waals surface area contributed by atoms with E-state index in [4.69, 9.17) is 5.11 Å². The van der Waals surface area contributed by atoms with Crippen molar-refractivity contribution < 1.29 is 9.90 Å². The van der Waals surface area contributed by atoms with Crippen LogP contribution in [0.4, 0.5) is 0 Å². The smallest absolute Gasteiger partial charge is 0.306 e. The Morgan fingerprint density at radius 2 is 2.06 bits per heavy atom. The third-order valence-electron chi connectivity index (χ3n) is 3.64. The minimum Gasteiger partial charge on any atom is -0.481 e. The molecule has 0 radical (unpaired) electrons. The van der Waals surface area contributed by atoms with Gasteiger partial charge < -0.3 is 5.11 Å². The van der Waals surface area contributed by atoms with Crippen LogP contribution in [0.2, 0.25) is 0 Å². The standard InChI is InChI=1S/C12H14N4O2/c17-12(18)9-5-3-8(4-6-9)11-15-14-10-2-1-7-13-16(10)11/h1-2,7-9H,3-6H2,(H,17,18). The number of carboxylic acids is 1. The molecule has 2 aromatic rings. The van der Waals surface area contributed by atoms with E-state index >= 15 is 0 Å². The number of fused-ring (bicyclic) bond motifs is 1. The van der Waals surface area contributed by atoms with Crippen LogP contribution in [0.3, 0.4) is 0 Å². The highest BCUT2D eigenvalue weighted by Gasteiger charge is 2.29. The minimum atomic E-state index is -0.683. The van der Waals surface area contributed by atoms with Gasteiger partial charge in [-0.2, -0.15) is 9.61 Å². The Bertz CT molecular complexity index is 572. The largest absolute Gasteiger partial charge is 0.481 e. The van der Waals surface area contributed by atoms with Gasteiger partial charge in [0.1, 0.15) is 0 Å². The van der Waals surface area contributed by atoms with Gasteiger partial charge in [-0.05, 0) is 37.8 Å². The molecule has 2 aromatic heterocycles. The first kappa shape index (κ1) is 11.1. The average Bonchev–Trinajstić information content (AvgIpc) is 2.82. The Labute approximate surface area is 104 Å². The third-order valence-corrected chi connectivity index (χ3v) is 3.64. The zero-order chi connectivity index (χ0) is 12.5. The van der Waals surface area contributed by atoms with Gasteiger partial charge in [0.05, 0.1) is 5.92 Å². The van der Waals surface area contributed by atoms with Crippen molar-refractivity contribution >= 4 is 11.6 Å². The normalized spacial score (nSPS) is 24.2. The molecule has 1 aliphatic rings. The van der Waals surface area contributed by atoms with E-state index in [1.165, 1.54) is 0 Å². The van der Waals surface area contributed by atoms with Gasteiger partial charge in [0, 0.05) is 12.1 Å². The van der Waals surface area contributed by atoms with E-state index in [1.807, 2.05) is 12.1 Å². The molecule has 2 heterocycles. The Kier molecular flexibility index (Phi) is 2.70. The fourth-order valence-electron chi connectivity index (χ4n) is 2.61. The van der Waals surface area contributed by atoms with E-state index in [-0.39, 0.29) is 11.8 Å². The van der Waals surface area contributed by atoms with E-state index in [9.17, 15) is 4.79 Å². The summed E-state index contributed by atoms with van der Waals surface area (Å²) in [6.07, 6.45) is 4.81. The van der Waals surface area contributed by atoms with Crippen molar-refractivity contribution in [2.75, 3.05) is 0 Å². The fraction of sp³-hybridized carbons (Fsp3) is 0.500. The van der Waals surface area contributed by atoms with Crippen molar-refractivity contribution in [3.05, 3.63) is 24.2 Å². The summed E-state index contributed by atoms with van der Waals surface area (Å²) in [7, 11) is 0. The minimum absolute atomic E-state index is 0.201. The molecule has 0 saturated heterocycles. The van der Waals surface area contributed by atoms with Crippen LogP contribution in [0.5, 0.6) is 0 Å². The molecule has 0 bridgehead atoms. The Balaban J connectivity index is 1.82. The number of nitrogens with zero attached hydrogens (tertiary/aromatic N) is 4. The molecule has 1 saturated carbocycles. The molecule has 0 spiro atoms. The van der Waals surface area contributed by atoms with Gasteiger partial charge in [0.15, 0.2) is 11.5 Å². The summed E-state index contributed by atoms with van der Waals surface area (Å²) in [6, 6.07) is 3.70. The molecule has 0 atom stereocenters. The molecule has 0 amide bonds. The molecule has 0 unspecified atom stereocenters. The fourth-order valence-corrected chi connectivity index (χ4v) is 2.61. The zero-order valence-electron chi connectivity index (χ0n) is 9.86. The molecule has 0 aliphatic heterocycles. The first-order valence-electron chi connectivity index (χ1n) is 6.15. The van der Waals surface area contributed by atoms with Crippen molar-refractivity contribution in [3.63, 3.8) is 0 Å². The molecule has 6 heteroatoms. The SMILES string of the molecule is O=C(O)C1CCC(c2nnc3cccnn23)CC1. The number of carboxylic acid groups (broad SMARTS) is 1. The highest BCUT2D eigenvalue weighted by Crippen LogP contribution is 2.34. The van der Waals surface area contributed by atoms with Crippen LogP contribution >= 0.6 is 0 Å². The maximum atomic E-state index is 10.9. The van der Waals surface area contributed by atoms with Crippen molar-refractivity contribution in [2.45, 2.75) is 31.6 Å². The van der Waals surface area contributed by atoms with Gasteiger partial charge in [0.2, 0.25) is 0 Å². The predicted octanol–water partition coefficient (Wildman–Crippen LogP) is 1.48. The zero-order valence-corrected chi connectivity index (χ0v) is 9.86. The van der Waals surface area contributed by atoms with Crippen LogP contribution in [-0.4, -0.2) is 30.9 Å². The van der Waals surface area contributed by atoms with Gasteiger partial charge in [-0.15, -0.1) is 10.2 Å². The van der Waals surface area contributed by atoms with Crippen molar-refractivity contribution in [3.8, 4) is 0 Å². The highest BCUT2D eigenvalue weighted by molar-refractivity contribution is 5.70. The van der Waals surface area contributed by atoms with Crippen LogP contribution in [-0.2, 0) is 4.79 Å². The summed E-state index contributed by atoms with van der Waals surface area (Å²) in [5.41, 5.74) is 0.743. The first-order chi connectivity index (χ1) is 8.75. The van der Waals surface area contributed by atoms with Crippen LogP contribution in [0.25, 0.3) is 5.65 Å². The van der Waals surface area contributed by atoms with Crippen LogP contribution < -0.4 is 0 Å². The second-order valence-electron chi connectivity index (χ2n) is 4.74. The van der Waals surface area contributed by atoms with Gasteiger partial charge in [-0.1, -0.05) is 0 Å². The first-order valence-corrected chi connectivity index (χ1v) is 6.15. The molecule has 1 aliphatic carbocycles. The summed E-state index contributed by atoms with van der Waals surface area (Å²) in [5, 5.41) is 21.5. The molecular weight excluding hydrogens is 232 g/mol. The average molecular weight is 246 g/mol. The van der Waals surface area contributed by atoms with Gasteiger partial charge in [0.25, 0.3) is 0 Å². The number of rotatable bonds is 2. The molecule has 18 heavy (non-hydrogen) atoms. The highest BCUT2D eigenvalue weighted by atomic mass is 16.4. The Hall–Kier alpha value is -1.98. The Morgan fingerprint density at radius 3 is 2.78 bits per heavy atom. The van der Waals surface area contributed by atoms with Gasteiger partial charge in [-0.25, -0.2) is 0 Å². The lowest BCUT2D eigenvalue weighted by Gasteiger charge is -2.24. The van der Waals surface area contributed by atoms with Crippen molar-refractivity contribution in [1.82, 2.24) is 19.8 Å². The summed E-state index contributed by atoms with van der Waals surface area (Å²) in [4.78, 5) is 10.9. The maximum absolute atomic E-state index is 10.9. The van der Waals surface area contributed by atoms with E-state index in [1.54, 1.807) is 10.7 Å². The van der Waals surface area contributed by atoms with Gasteiger partial charge in [-0.3, -0.25) is 4.79 Å². The van der Waals surface area contributed by atoms with Crippen LogP contribution in [0.15, 0.2) is 18.3 Å². The number of hydrogen-bond donors (Lipinski definition) is 1.